The van der Waals surface area contributed by atoms with E-state index in [0.29, 0.717) is 12.5 Å². The standard InChI is InChI=1S/C22H35N3O3.HI/c1-4-23-21(24-16-22(26)9-6-5-7-10-22)25-11-8-17(15-25)18-12-19(27-2)14-20(13-18)28-3;/h12-14,17,26H,4-11,15-16H2,1-3H3,(H,23,24);1H. The fraction of sp³-hybridized carbons (Fsp3) is 0.682. The maximum atomic E-state index is 10.8. The average Bonchev–Trinajstić information content (AvgIpc) is 3.21. The van der Waals surface area contributed by atoms with Crippen LogP contribution in [0.5, 0.6) is 11.5 Å². The fourth-order valence-electron chi connectivity index (χ4n) is 4.31. The molecule has 0 bridgehead atoms. The number of aliphatic hydroxyl groups is 1. The number of hydrogen-bond acceptors (Lipinski definition) is 4. The molecule has 1 aromatic carbocycles. The van der Waals surface area contributed by atoms with E-state index in [9.17, 15) is 5.11 Å². The molecule has 29 heavy (non-hydrogen) atoms. The molecule has 1 aliphatic heterocycles. The summed E-state index contributed by atoms with van der Waals surface area (Å²) in [6.07, 6.45) is 6.22. The van der Waals surface area contributed by atoms with E-state index in [4.69, 9.17) is 14.5 Å². The lowest BCUT2D eigenvalue weighted by molar-refractivity contribution is 0.0130. The first-order valence-corrected chi connectivity index (χ1v) is 10.6. The molecule has 1 heterocycles. The molecule has 1 saturated heterocycles. The highest BCUT2D eigenvalue weighted by Gasteiger charge is 2.31. The van der Waals surface area contributed by atoms with E-state index in [1.54, 1.807) is 14.2 Å². The van der Waals surface area contributed by atoms with Gasteiger partial charge < -0.3 is 24.8 Å². The van der Waals surface area contributed by atoms with Gasteiger partial charge in [0, 0.05) is 31.6 Å². The minimum absolute atomic E-state index is 0. The first-order valence-electron chi connectivity index (χ1n) is 10.6. The van der Waals surface area contributed by atoms with Crippen LogP contribution < -0.4 is 14.8 Å². The van der Waals surface area contributed by atoms with Gasteiger partial charge in [0.25, 0.3) is 0 Å². The Labute approximate surface area is 192 Å². The van der Waals surface area contributed by atoms with Crippen molar-refractivity contribution in [1.82, 2.24) is 10.2 Å². The van der Waals surface area contributed by atoms with Gasteiger partial charge in [0.15, 0.2) is 5.96 Å². The lowest BCUT2D eigenvalue weighted by atomic mass is 9.85. The van der Waals surface area contributed by atoms with Crippen molar-refractivity contribution in [2.45, 2.75) is 57.0 Å². The molecule has 1 saturated carbocycles. The third kappa shape index (κ3) is 6.38. The smallest absolute Gasteiger partial charge is 0.194 e. The fourth-order valence-corrected chi connectivity index (χ4v) is 4.31. The van der Waals surface area contributed by atoms with Crippen LogP contribution in [-0.4, -0.2) is 62.0 Å². The molecule has 3 rings (SSSR count). The largest absolute Gasteiger partial charge is 0.497 e. The van der Waals surface area contributed by atoms with E-state index >= 15 is 0 Å². The molecule has 2 aliphatic rings. The van der Waals surface area contributed by atoms with Gasteiger partial charge in [0.2, 0.25) is 0 Å². The Morgan fingerprint density at radius 2 is 1.83 bits per heavy atom. The summed E-state index contributed by atoms with van der Waals surface area (Å²) < 4.78 is 10.9. The average molecular weight is 517 g/mol. The number of nitrogens with one attached hydrogen (secondary N) is 1. The summed E-state index contributed by atoms with van der Waals surface area (Å²) in [4.78, 5) is 7.13. The minimum Gasteiger partial charge on any atom is -0.497 e. The van der Waals surface area contributed by atoms with Gasteiger partial charge >= 0.3 is 0 Å². The summed E-state index contributed by atoms with van der Waals surface area (Å²) in [6.45, 7) is 5.26. The summed E-state index contributed by atoms with van der Waals surface area (Å²) in [7, 11) is 3.37. The maximum absolute atomic E-state index is 10.8. The van der Waals surface area contributed by atoms with Crippen molar-refractivity contribution in [3.8, 4) is 11.5 Å². The van der Waals surface area contributed by atoms with Gasteiger partial charge in [-0.2, -0.15) is 0 Å². The topological polar surface area (TPSA) is 66.3 Å². The molecule has 1 aliphatic carbocycles. The van der Waals surface area contributed by atoms with Crippen LogP contribution in [0.3, 0.4) is 0 Å². The molecule has 1 atom stereocenters. The molecule has 0 radical (unpaired) electrons. The van der Waals surface area contributed by atoms with Crippen LogP contribution >= 0.6 is 24.0 Å². The number of ether oxygens (including phenoxy) is 2. The molecule has 0 amide bonds. The van der Waals surface area contributed by atoms with Crippen molar-refractivity contribution < 1.29 is 14.6 Å². The molecule has 0 aromatic heterocycles. The van der Waals surface area contributed by atoms with Crippen LogP contribution in [0, 0.1) is 0 Å². The van der Waals surface area contributed by atoms with Gasteiger partial charge in [-0.05, 0) is 43.9 Å². The second-order valence-corrected chi connectivity index (χ2v) is 8.03. The summed E-state index contributed by atoms with van der Waals surface area (Å²) in [5.41, 5.74) is 0.610. The van der Waals surface area contributed by atoms with E-state index in [-0.39, 0.29) is 24.0 Å². The van der Waals surface area contributed by atoms with Crippen molar-refractivity contribution >= 4 is 29.9 Å². The number of likely N-dealkylation sites (tertiary alicyclic amines) is 1. The number of benzene rings is 1. The Bertz CT molecular complexity index is 655. The summed E-state index contributed by atoms with van der Waals surface area (Å²) in [6, 6.07) is 6.11. The molecule has 0 spiro atoms. The number of halogens is 1. The highest BCUT2D eigenvalue weighted by molar-refractivity contribution is 14.0. The van der Waals surface area contributed by atoms with Crippen molar-refractivity contribution in [2.24, 2.45) is 4.99 Å². The van der Waals surface area contributed by atoms with E-state index in [1.807, 2.05) is 6.07 Å². The molecular weight excluding hydrogens is 481 g/mol. The van der Waals surface area contributed by atoms with Gasteiger partial charge in [-0.15, -0.1) is 24.0 Å². The van der Waals surface area contributed by atoms with Crippen LogP contribution in [0.15, 0.2) is 23.2 Å². The Hall–Kier alpha value is -1.22. The SMILES string of the molecule is CCNC(=NCC1(O)CCCCC1)N1CCC(c2cc(OC)cc(OC)c2)C1.I. The Balaban J connectivity index is 0.00000300. The molecule has 1 aromatic rings. The number of guanidine groups is 1. The van der Waals surface area contributed by atoms with Gasteiger partial charge in [0.1, 0.15) is 11.5 Å². The number of nitrogens with zero attached hydrogens (tertiary/aromatic N) is 2. The monoisotopic (exact) mass is 517 g/mol. The van der Waals surface area contributed by atoms with Crippen LogP contribution in [0.2, 0.25) is 0 Å². The van der Waals surface area contributed by atoms with Crippen LogP contribution in [0.1, 0.15) is 56.9 Å². The zero-order valence-electron chi connectivity index (χ0n) is 17.9. The van der Waals surface area contributed by atoms with E-state index in [1.165, 1.54) is 12.0 Å². The van der Waals surface area contributed by atoms with Gasteiger partial charge in [-0.3, -0.25) is 4.99 Å². The van der Waals surface area contributed by atoms with Crippen LogP contribution in [-0.2, 0) is 0 Å². The van der Waals surface area contributed by atoms with Crippen LogP contribution in [0.25, 0.3) is 0 Å². The lowest BCUT2D eigenvalue weighted by Crippen LogP contribution is -2.42. The van der Waals surface area contributed by atoms with Crippen molar-refractivity contribution in [2.75, 3.05) is 40.4 Å². The van der Waals surface area contributed by atoms with Gasteiger partial charge in [-0.25, -0.2) is 0 Å². The van der Waals surface area contributed by atoms with E-state index in [2.05, 4.69) is 29.3 Å². The lowest BCUT2D eigenvalue weighted by Gasteiger charge is -2.31. The third-order valence-electron chi connectivity index (χ3n) is 5.98. The number of rotatable bonds is 6. The molecule has 1 unspecified atom stereocenters. The van der Waals surface area contributed by atoms with Gasteiger partial charge in [-0.1, -0.05) is 19.3 Å². The number of hydrogen-bond donors (Lipinski definition) is 2. The predicted molar refractivity (Wildman–Crippen MR) is 128 cm³/mol. The Morgan fingerprint density at radius 1 is 1.17 bits per heavy atom. The summed E-state index contributed by atoms with van der Waals surface area (Å²) >= 11 is 0. The maximum Gasteiger partial charge on any atom is 0.194 e. The number of aliphatic imine (C=N–C) groups is 1. The second-order valence-electron chi connectivity index (χ2n) is 8.03. The summed E-state index contributed by atoms with van der Waals surface area (Å²) in [5.74, 6) is 2.98. The summed E-state index contributed by atoms with van der Waals surface area (Å²) in [5, 5.41) is 14.2. The molecule has 7 heteroatoms. The van der Waals surface area contributed by atoms with Crippen molar-refractivity contribution in [3.05, 3.63) is 23.8 Å². The quantitative estimate of drug-likeness (QED) is 0.342. The minimum atomic E-state index is -0.627. The van der Waals surface area contributed by atoms with E-state index < -0.39 is 5.60 Å². The molecule has 2 fully saturated rings. The molecule has 164 valence electrons. The first-order chi connectivity index (χ1) is 13.6. The van der Waals surface area contributed by atoms with Crippen molar-refractivity contribution in [1.29, 1.82) is 0 Å². The highest BCUT2D eigenvalue weighted by Crippen LogP contribution is 2.33. The zero-order chi connectivity index (χ0) is 20.0. The molecule has 6 nitrogen and oxygen atoms in total. The zero-order valence-corrected chi connectivity index (χ0v) is 20.3. The first kappa shape index (κ1) is 24.1. The van der Waals surface area contributed by atoms with Crippen LogP contribution in [0.4, 0.5) is 0 Å². The van der Waals surface area contributed by atoms with Crippen molar-refractivity contribution in [3.63, 3.8) is 0 Å². The Morgan fingerprint density at radius 3 is 2.41 bits per heavy atom. The third-order valence-corrected chi connectivity index (χ3v) is 5.98. The normalized spacial score (nSPS) is 21.4. The predicted octanol–water partition coefficient (Wildman–Crippen LogP) is 3.77. The molecule has 2 N–H and O–H groups in total. The molecular formula is C22H36IN3O3. The number of methoxy groups -OCH3 is 2. The second kappa shape index (κ2) is 11.2. The highest BCUT2D eigenvalue weighted by atomic mass is 127. The van der Waals surface area contributed by atoms with Gasteiger partial charge in [0.05, 0.1) is 26.4 Å². The Kier molecular flexibility index (Phi) is 9.33. The van der Waals surface area contributed by atoms with E-state index in [0.717, 1.165) is 69.2 Å².